The lowest BCUT2D eigenvalue weighted by Crippen LogP contribution is -2.60. The zero-order chi connectivity index (χ0) is 33.6. The molecule has 2 aliphatic rings. The van der Waals surface area contributed by atoms with Crippen LogP contribution in [-0.2, 0) is 31.8 Å². The molecule has 0 bridgehead atoms. The number of rotatable bonds is 10. The fourth-order valence-electron chi connectivity index (χ4n) is 5.89. The Morgan fingerprint density at radius 3 is 2.37 bits per heavy atom. The van der Waals surface area contributed by atoms with Gasteiger partial charge in [-0.15, -0.1) is 0 Å². The Morgan fingerprint density at radius 2 is 1.76 bits per heavy atom. The van der Waals surface area contributed by atoms with Crippen molar-refractivity contribution < 1.29 is 46.6 Å². The van der Waals surface area contributed by atoms with Crippen molar-refractivity contribution in [3.8, 4) is 5.75 Å². The van der Waals surface area contributed by atoms with Crippen molar-refractivity contribution in [2.24, 2.45) is 0 Å². The molecule has 3 amide bonds. The van der Waals surface area contributed by atoms with E-state index in [-0.39, 0.29) is 44.1 Å². The molecular formula is C33H40F3N3O7. The van der Waals surface area contributed by atoms with E-state index in [4.69, 9.17) is 14.2 Å². The number of nitrogens with zero attached hydrogens (tertiary/aromatic N) is 2. The van der Waals surface area contributed by atoms with Gasteiger partial charge >= 0.3 is 18.2 Å². The molecule has 2 aromatic carbocycles. The number of ether oxygens (including phenoxy) is 3. The molecule has 1 aliphatic carbocycles. The first kappa shape index (κ1) is 34.6. The van der Waals surface area contributed by atoms with E-state index in [0.29, 0.717) is 18.9 Å². The van der Waals surface area contributed by atoms with Gasteiger partial charge in [0.1, 0.15) is 12.4 Å². The predicted molar refractivity (Wildman–Crippen MR) is 162 cm³/mol. The zero-order valence-corrected chi connectivity index (χ0v) is 26.4. The SMILES string of the molecule is CCOC(=O)C1(C)Oc2cc(C(F)(F)F)c(C(=O)N(C(C)C)C3CCCCC3)cc2N(CCNC(=O)OCc2ccccc2)C1=O. The van der Waals surface area contributed by atoms with Gasteiger partial charge in [0, 0.05) is 25.2 Å². The molecular weight excluding hydrogens is 607 g/mol. The molecule has 4 rings (SSSR count). The molecule has 0 saturated heterocycles. The average molecular weight is 648 g/mol. The standard InChI is InChI=1S/C33H40F3N3O7/c1-5-44-30(42)32(4)29(41)38(17-16-37-31(43)45-20-22-12-8-6-9-13-22)26-18-24(25(33(34,35)36)19-27(26)46-32)28(40)39(21(2)3)23-14-10-7-11-15-23/h6,8-9,12-13,18-19,21,23H,5,7,10-11,14-17,20H2,1-4H3,(H,37,43). The monoisotopic (exact) mass is 647 g/mol. The summed E-state index contributed by atoms with van der Waals surface area (Å²) in [6.07, 6.45) is -1.69. The molecule has 1 N–H and O–H groups in total. The van der Waals surface area contributed by atoms with Crippen LogP contribution in [0.5, 0.6) is 5.75 Å². The highest BCUT2D eigenvalue weighted by Gasteiger charge is 2.53. The van der Waals surface area contributed by atoms with Crippen LogP contribution in [0.25, 0.3) is 0 Å². The summed E-state index contributed by atoms with van der Waals surface area (Å²) in [5, 5.41) is 2.52. The van der Waals surface area contributed by atoms with E-state index in [0.717, 1.165) is 42.7 Å². The number of hydrogen-bond donors (Lipinski definition) is 1. The Hall–Kier alpha value is -4.29. The lowest BCUT2D eigenvalue weighted by atomic mass is 9.92. The fraction of sp³-hybridized carbons (Fsp3) is 0.515. The number of halogens is 3. The maximum atomic E-state index is 14.6. The van der Waals surface area contributed by atoms with Gasteiger partial charge in [0.25, 0.3) is 17.4 Å². The Kier molecular flexibility index (Phi) is 10.8. The number of amides is 3. The first-order valence-corrected chi connectivity index (χ1v) is 15.5. The molecule has 0 aromatic heterocycles. The number of esters is 1. The number of carbonyl (C=O) groups is 4. The van der Waals surface area contributed by atoms with Crippen molar-refractivity contribution in [3.05, 3.63) is 59.2 Å². The topological polar surface area (TPSA) is 114 Å². The number of hydrogen-bond acceptors (Lipinski definition) is 7. The van der Waals surface area contributed by atoms with Crippen LogP contribution in [0, 0.1) is 0 Å². The molecule has 1 atom stereocenters. The van der Waals surface area contributed by atoms with E-state index in [9.17, 15) is 32.3 Å². The molecule has 13 heteroatoms. The van der Waals surface area contributed by atoms with E-state index >= 15 is 0 Å². The summed E-state index contributed by atoms with van der Waals surface area (Å²) in [5.74, 6) is -3.27. The number of nitrogens with one attached hydrogen (secondary N) is 1. The second-order valence-electron chi connectivity index (χ2n) is 11.8. The minimum Gasteiger partial charge on any atom is -0.464 e. The second kappa shape index (κ2) is 14.4. The molecule has 1 saturated carbocycles. The van der Waals surface area contributed by atoms with Crippen LogP contribution in [0.4, 0.5) is 23.7 Å². The molecule has 1 heterocycles. The van der Waals surface area contributed by atoms with Gasteiger partial charge in [-0.25, -0.2) is 9.59 Å². The maximum Gasteiger partial charge on any atom is 0.417 e. The first-order valence-electron chi connectivity index (χ1n) is 15.5. The summed E-state index contributed by atoms with van der Waals surface area (Å²) in [6.45, 7) is 5.54. The van der Waals surface area contributed by atoms with Gasteiger partial charge in [0.05, 0.1) is 23.4 Å². The third kappa shape index (κ3) is 7.56. The van der Waals surface area contributed by atoms with Crippen LogP contribution in [0.3, 0.4) is 0 Å². The van der Waals surface area contributed by atoms with E-state index in [1.165, 1.54) is 11.8 Å². The van der Waals surface area contributed by atoms with Crippen LogP contribution in [0.1, 0.15) is 81.3 Å². The van der Waals surface area contributed by atoms with Gasteiger partial charge in [-0.1, -0.05) is 49.6 Å². The van der Waals surface area contributed by atoms with Crippen molar-refractivity contribution in [1.82, 2.24) is 10.2 Å². The average Bonchev–Trinajstić information content (AvgIpc) is 3.02. The molecule has 1 unspecified atom stereocenters. The van der Waals surface area contributed by atoms with Crippen LogP contribution in [0.15, 0.2) is 42.5 Å². The number of fused-ring (bicyclic) bond motifs is 1. The predicted octanol–water partition coefficient (Wildman–Crippen LogP) is 5.86. The molecule has 2 aromatic rings. The van der Waals surface area contributed by atoms with Crippen LogP contribution in [0.2, 0.25) is 0 Å². The minimum atomic E-state index is -4.96. The van der Waals surface area contributed by atoms with E-state index in [1.807, 2.05) is 6.07 Å². The molecule has 10 nitrogen and oxygen atoms in total. The summed E-state index contributed by atoms with van der Waals surface area (Å²) < 4.78 is 59.6. The molecule has 1 fully saturated rings. The van der Waals surface area contributed by atoms with E-state index in [2.05, 4.69) is 5.32 Å². The van der Waals surface area contributed by atoms with E-state index in [1.54, 1.807) is 38.1 Å². The fourth-order valence-corrected chi connectivity index (χ4v) is 5.89. The van der Waals surface area contributed by atoms with E-state index < -0.39 is 52.5 Å². The quantitative estimate of drug-likeness (QED) is 0.254. The Labute approximate surface area is 266 Å². The van der Waals surface area contributed by atoms with Gasteiger partial charge < -0.3 is 29.3 Å². The molecule has 1 aliphatic heterocycles. The van der Waals surface area contributed by atoms with Gasteiger partial charge in [0.15, 0.2) is 0 Å². The van der Waals surface area contributed by atoms with Gasteiger partial charge in [-0.05, 0) is 58.2 Å². The highest BCUT2D eigenvalue weighted by molar-refractivity contribution is 6.15. The largest absolute Gasteiger partial charge is 0.464 e. The summed E-state index contributed by atoms with van der Waals surface area (Å²) in [7, 11) is 0. The van der Waals surface area contributed by atoms with Crippen molar-refractivity contribution in [2.45, 2.75) is 90.3 Å². The third-order valence-corrected chi connectivity index (χ3v) is 8.13. The molecule has 46 heavy (non-hydrogen) atoms. The molecule has 0 spiro atoms. The third-order valence-electron chi connectivity index (χ3n) is 8.13. The van der Waals surface area contributed by atoms with Crippen LogP contribution >= 0.6 is 0 Å². The van der Waals surface area contributed by atoms with Crippen LogP contribution in [-0.4, -0.2) is 66.2 Å². The summed E-state index contributed by atoms with van der Waals surface area (Å²) in [5.41, 5.74) is -3.60. The highest BCUT2D eigenvalue weighted by atomic mass is 19.4. The summed E-state index contributed by atoms with van der Waals surface area (Å²) in [6, 6.07) is 9.97. The number of benzene rings is 2. The first-order chi connectivity index (χ1) is 21.8. The molecule has 250 valence electrons. The van der Waals surface area contributed by atoms with Crippen LogP contribution < -0.4 is 15.0 Å². The van der Waals surface area contributed by atoms with Gasteiger partial charge in [-0.2, -0.15) is 13.2 Å². The minimum absolute atomic E-state index is 0.00798. The second-order valence-corrected chi connectivity index (χ2v) is 11.8. The summed E-state index contributed by atoms with van der Waals surface area (Å²) >= 11 is 0. The Bertz CT molecular complexity index is 1430. The van der Waals surface area contributed by atoms with Crippen molar-refractivity contribution in [3.63, 3.8) is 0 Å². The Morgan fingerprint density at radius 1 is 1.09 bits per heavy atom. The summed E-state index contributed by atoms with van der Waals surface area (Å²) in [4.78, 5) is 55.6. The van der Waals surface area contributed by atoms with Crippen molar-refractivity contribution >= 4 is 29.6 Å². The van der Waals surface area contributed by atoms with Gasteiger partial charge in [0.2, 0.25) is 0 Å². The molecule has 0 radical (unpaired) electrons. The number of alkyl halides is 3. The van der Waals surface area contributed by atoms with Crippen molar-refractivity contribution in [2.75, 3.05) is 24.6 Å². The Balaban J connectivity index is 1.70. The number of alkyl carbamates (subject to hydrolysis) is 1. The normalized spacial score (nSPS) is 18.4. The maximum absolute atomic E-state index is 14.6. The number of anilines is 1. The lowest BCUT2D eigenvalue weighted by Gasteiger charge is -2.40. The smallest absolute Gasteiger partial charge is 0.417 e. The van der Waals surface area contributed by atoms with Crippen molar-refractivity contribution in [1.29, 1.82) is 0 Å². The zero-order valence-electron chi connectivity index (χ0n) is 26.4. The lowest BCUT2D eigenvalue weighted by molar-refractivity contribution is -0.166. The highest BCUT2D eigenvalue weighted by Crippen LogP contribution is 2.45. The van der Waals surface area contributed by atoms with Gasteiger partial charge in [-0.3, -0.25) is 9.59 Å². The number of carbonyl (C=O) groups excluding carboxylic acids is 4.